The lowest BCUT2D eigenvalue weighted by Gasteiger charge is -2.29. The minimum absolute atomic E-state index is 0.00755. The molecule has 0 unspecified atom stereocenters. The number of nitrogens with zero attached hydrogens (tertiary/aromatic N) is 1. The van der Waals surface area contributed by atoms with Crippen molar-refractivity contribution in [3.8, 4) is 0 Å². The Bertz CT molecular complexity index is 900. The first kappa shape index (κ1) is 18.7. The Labute approximate surface area is 158 Å². The Morgan fingerprint density at radius 1 is 1.23 bits per heavy atom. The van der Waals surface area contributed by atoms with Crippen LogP contribution in [0.1, 0.15) is 12.0 Å². The number of rotatable bonds is 5. The highest BCUT2D eigenvalue weighted by molar-refractivity contribution is 7.91. The van der Waals surface area contributed by atoms with E-state index in [1.54, 1.807) is 11.0 Å². The highest BCUT2D eigenvalue weighted by Gasteiger charge is 2.35. The van der Waals surface area contributed by atoms with Gasteiger partial charge in [0.1, 0.15) is 0 Å². The molecule has 0 aromatic heterocycles. The van der Waals surface area contributed by atoms with Crippen LogP contribution in [-0.2, 0) is 14.6 Å². The Morgan fingerprint density at radius 3 is 2.58 bits per heavy atom. The number of amides is 1. The normalized spacial score (nSPS) is 18.5. The topological polar surface area (TPSA) is 66.5 Å². The fourth-order valence-corrected chi connectivity index (χ4v) is 5.13. The summed E-state index contributed by atoms with van der Waals surface area (Å²) in [6, 6.07) is 14.3. The van der Waals surface area contributed by atoms with Crippen molar-refractivity contribution in [2.24, 2.45) is 0 Å². The maximum atomic E-state index is 12.9. The van der Waals surface area contributed by atoms with E-state index in [2.05, 4.69) is 5.32 Å². The molecule has 0 aliphatic carbocycles. The maximum Gasteiger partial charge on any atom is 0.246 e. The van der Waals surface area contributed by atoms with E-state index in [9.17, 15) is 13.2 Å². The van der Waals surface area contributed by atoms with Crippen molar-refractivity contribution >= 4 is 38.7 Å². The number of aryl methyl sites for hydroxylation is 1. The molecule has 0 spiro atoms. The van der Waals surface area contributed by atoms with Crippen LogP contribution in [0.4, 0.5) is 11.4 Å². The molecule has 7 heteroatoms. The lowest BCUT2D eigenvalue weighted by atomic mass is 10.1. The second kappa shape index (κ2) is 7.68. The summed E-state index contributed by atoms with van der Waals surface area (Å²) in [6.45, 7) is 1.99. The van der Waals surface area contributed by atoms with Gasteiger partial charge in [0.05, 0.1) is 24.1 Å². The van der Waals surface area contributed by atoms with Gasteiger partial charge in [0.25, 0.3) is 0 Å². The van der Waals surface area contributed by atoms with Gasteiger partial charge in [0, 0.05) is 16.4 Å². The van der Waals surface area contributed by atoms with Crippen molar-refractivity contribution < 1.29 is 13.2 Å². The van der Waals surface area contributed by atoms with Crippen molar-refractivity contribution in [2.45, 2.75) is 19.4 Å². The summed E-state index contributed by atoms with van der Waals surface area (Å²) in [5, 5.41) is 3.78. The summed E-state index contributed by atoms with van der Waals surface area (Å²) in [5.74, 6) is -0.0290. The number of para-hydroxylation sites is 1. The standard InChI is InChI=1S/C19H21ClN2O3S/c1-14-11-15(20)7-8-18(14)21-12-19(23)22(16-5-3-2-4-6-16)17-9-10-26(24,25)13-17/h2-8,11,17,21H,9-10,12-13H2,1H3/t17-/m0/s1. The third-order valence-corrected chi connectivity index (χ3v) is 6.48. The van der Waals surface area contributed by atoms with Crippen LogP contribution in [0, 0.1) is 6.92 Å². The monoisotopic (exact) mass is 392 g/mol. The number of carbonyl (C=O) groups excluding carboxylic acids is 1. The molecule has 1 heterocycles. The van der Waals surface area contributed by atoms with Crippen LogP contribution in [0.5, 0.6) is 0 Å². The van der Waals surface area contributed by atoms with Crippen LogP contribution in [0.25, 0.3) is 0 Å². The van der Waals surface area contributed by atoms with Crippen molar-refractivity contribution in [1.29, 1.82) is 0 Å². The van der Waals surface area contributed by atoms with E-state index < -0.39 is 9.84 Å². The van der Waals surface area contributed by atoms with Crippen molar-refractivity contribution in [3.05, 3.63) is 59.1 Å². The number of nitrogens with one attached hydrogen (secondary N) is 1. The molecule has 5 nitrogen and oxygen atoms in total. The molecule has 1 atom stereocenters. The lowest BCUT2D eigenvalue weighted by molar-refractivity contribution is -0.117. The van der Waals surface area contributed by atoms with Gasteiger partial charge in [-0.3, -0.25) is 4.79 Å². The Balaban J connectivity index is 1.79. The quantitative estimate of drug-likeness (QED) is 0.847. The van der Waals surface area contributed by atoms with E-state index in [1.165, 1.54) is 0 Å². The van der Waals surface area contributed by atoms with E-state index in [0.29, 0.717) is 17.1 Å². The number of anilines is 2. The zero-order valence-electron chi connectivity index (χ0n) is 14.5. The summed E-state index contributed by atoms with van der Waals surface area (Å²) >= 11 is 5.96. The first-order valence-corrected chi connectivity index (χ1v) is 10.6. The molecule has 0 saturated carbocycles. The minimum Gasteiger partial charge on any atom is -0.376 e. The summed E-state index contributed by atoms with van der Waals surface area (Å²) in [6.07, 6.45) is 0.461. The summed E-state index contributed by atoms with van der Waals surface area (Å²) in [4.78, 5) is 14.5. The molecular weight excluding hydrogens is 372 g/mol. The Hall–Kier alpha value is -2.05. The molecule has 3 rings (SSSR count). The van der Waals surface area contributed by atoms with E-state index in [-0.39, 0.29) is 30.0 Å². The fraction of sp³-hybridized carbons (Fsp3) is 0.316. The third kappa shape index (κ3) is 4.37. The van der Waals surface area contributed by atoms with Crippen LogP contribution < -0.4 is 10.2 Å². The summed E-state index contributed by atoms with van der Waals surface area (Å²) in [7, 11) is -3.09. The maximum absolute atomic E-state index is 12.9. The number of halogens is 1. The third-order valence-electron chi connectivity index (χ3n) is 4.50. The molecule has 0 bridgehead atoms. The molecular formula is C19H21ClN2O3S. The average Bonchev–Trinajstić information content (AvgIpc) is 2.95. The van der Waals surface area contributed by atoms with Crippen LogP contribution in [0.15, 0.2) is 48.5 Å². The van der Waals surface area contributed by atoms with Gasteiger partial charge in [-0.25, -0.2) is 8.42 Å². The van der Waals surface area contributed by atoms with Gasteiger partial charge in [0.2, 0.25) is 5.91 Å². The van der Waals surface area contributed by atoms with Gasteiger partial charge in [0.15, 0.2) is 9.84 Å². The molecule has 1 aliphatic heterocycles. The van der Waals surface area contributed by atoms with E-state index in [1.807, 2.05) is 49.4 Å². The van der Waals surface area contributed by atoms with Gasteiger partial charge in [-0.1, -0.05) is 29.8 Å². The molecule has 2 aromatic carbocycles. The van der Waals surface area contributed by atoms with Crippen LogP contribution >= 0.6 is 11.6 Å². The van der Waals surface area contributed by atoms with Crippen molar-refractivity contribution in [2.75, 3.05) is 28.3 Å². The first-order valence-electron chi connectivity index (χ1n) is 8.43. The molecule has 1 fully saturated rings. The van der Waals surface area contributed by atoms with Gasteiger partial charge >= 0.3 is 0 Å². The smallest absolute Gasteiger partial charge is 0.246 e. The van der Waals surface area contributed by atoms with Crippen LogP contribution in [0.2, 0.25) is 5.02 Å². The number of hydrogen-bond acceptors (Lipinski definition) is 4. The van der Waals surface area contributed by atoms with Gasteiger partial charge < -0.3 is 10.2 Å². The molecule has 26 heavy (non-hydrogen) atoms. The second-order valence-electron chi connectivity index (χ2n) is 6.47. The number of hydrogen-bond donors (Lipinski definition) is 1. The largest absolute Gasteiger partial charge is 0.376 e. The molecule has 138 valence electrons. The van der Waals surface area contributed by atoms with Crippen LogP contribution in [0.3, 0.4) is 0 Å². The van der Waals surface area contributed by atoms with E-state index in [4.69, 9.17) is 11.6 Å². The SMILES string of the molecule is Cc1cc(Cl)ccc1NCC(=O)N(c1ccccc1)[C@H]1CCS(=O)(=O)C1. The first-order chi connectivity index (χ1) is 12.4. The zero-order valence-corrected chi connectivity index (χ0v) is 16.1. The number of carbonyl (C=O) groups is 1. The number of sulfone groups is 1. The highest BCUT2D eigenvalue weighted by atomic mass is 35.5. The average molecular weight is 393 g/mol. The van der Waals surface area contributed by atoms with Gasteiger partial charge in [-0.2, -0.15) is 0 Å². The Kier molecular flexibility index (Phi) is 5.53. The van der Waals surface area contributed by atoms with E-state index >= 15 is 0 Å². The van der Waals surface area contributed by atoms with E-state index in [0.717, 1.165) is 11.3 Å². The molecule has 1 N–H and O–H groups in total. The molecule has 1 saturated heterocycles. The summed E-state index contributed by atoms with van der Waals surface area (Å²) in [5.41, 5.74) is 2.49. The summed E-state index contributed by atoms with van der Waals surface area (Å²) < 4.78 is 23.8. The molecule has 2 aromatic rings. The molecule has 1 aliphatic rings. The van der Waals surface area contributed by atoms with Gasteiger partial charge in [-0.15, -0.1) is 0 Å². The van der Waals surface area contributed by atoms with Crippen LogP contribution in [-0.4, -0.2) is 38.4 Å². The van der Waals surface area contributed by atoms with Crippen molar-refractivity contribution in [1.82, 2.24) is 0 Å². The molecule has 1 amide bonds. The highest BCUT2D eigenvalue weighted by Crippen LogP contribution is 2.25. The number of benzene rings is 2. The predicted molar refractivity (Wildman–Crippen MR) is 106 cm³/mol. The Morgan fingerprint density at radius 2 is 1.96 bits per heavy atom. The second-order valence-corrected chi connectivity index (χ2v) is 9.13. The minimum atomic E-state index is -3.09. The molecule has 0 radical (unpaired) electrons. The lowest BCUT2D eigenvalue weighted by Crippen LogP contribution is -2.44. The predicted octanol–water partition coefficient (Wildman–Crippen LogP) is 3.28. The van der Waals surface area contributed by atoms with Crippen molar-refractivity contribution in [3.63, 3.8) is 0 Å². The van der Waals surface area contributed by atoms with Gasteiger partial charge in [-0.05, 0) is 49.2 Å². The zero-order chi connectivity index (χ0) is 18.7. The fourth-order valence-electron chi connectivity index (χ4n) is 3.21.